The Balaban J connectivity index is 1.62. The smallest absolute Gasteiger partial charge is 0.262 e. The van der Waals surface area contributed by atoms with E-state index in [-0.39, 0.29) is 18.3 Å². The lowest BCUT2D eigenvalue weighted by Crippen LogP contribution is -2.22. The number of ether oxygens (including phenoxy) is 2. The lowest BCUT2D eigenvalue weighted by molar-refractivity contribution is -0.118. The van der Waals surface area contributed by atoms with Gasteiger partial charge in [-0.05, 0) is 55.8 Å². The lowest BCUT2D eigenvalue weighted by Gasteiger charge is -2.17. The predicted molar refractivity (Wildman–Crippen MR) is 128 cm³/mol. The zero-order chi connectivity index (χ0) is 22.9. The molecule has 32 heavy (non-hydrogen) atoms. The molecule has 0 saturated carbocycles. The third kappa shape index (κ3) is 6.55. The summed E-state index contributed by atoms with van der Waals surface area (Å²) in [6.07, 6.45) is 0.559. The van der Waals surface area contributed by atoms with Crippen LogP contribution in [-0.2, 0) is 17.8 Å². The molecule has 2 N–H and O–H groups in total. The summed E-state index contributed by atoms with van der Waals surface area (Å²) in [4.78, 5) is 12.4. The zero-order valence-electron chi connectivity index (χ0n) is 18.1. The number of aryl methyl sites for hydroxylation is 1. The number of halogens is 2. The molecule has 7 heteroatoms. The molecule has 0 spiro atoms. The maximum Gasteiger partial charge on any atom is 0.262 e. The van der Waals surface area contributed by atoms with Crippen molar-refractivity contribution in [1.29, 1.82) is 0 Å². The molecule has 0 saturated heterocycles. The molecule has 0 fully saturated rings. The molecule has 0 atom stereocenters. The Kier molecular flexibility index (Phi) is 8.64. The van der Waals surface area contributed by atoms with E-state index in [1.54, 1.807) is 25.3 Å². The molecule has 1 amide bonds. The molecule has 0 radical (unpaired) electrons. The van der Waals surface area contributed by atoms with Crippen LogP contribution >= 0.6 is 15.9 Å². The van der Waals surface area contributed by atoms with Gasteiger partial charge in [0.25, 0.3) is 5.91 Å². The summed E-state index contributed by atoms with van der Waals surface area (Å²) < 4.78 is 25.9. The molecular formula is C25H26BrFN2O3. The number of amides is 1. The van der Waals surface area contributed by atoms with Crippen molar-refractivity contribution in [1.82, 2.24) is 5.32 Å². The van der Waals surface area contributed by atoms with Gasteiger partial charge in [-0.25, -0.2) is 4.39 Å². The number of hydrogen-bond acceptors (Lipinski definition) is 4. The van der Waals surface area contributed by atoms with Crippen molar-refractivity contribution in [2.75, 3.05) is 25.6 Å². The number of benzene rings is 3. The van der Waals surface area contributed by atoms with E-state index in [4.69, 9.17) is 9.47 Å². The molecule has 3 rings (SSSR count). The van der Waals surface area contributed by atoms with Gasteiger partial charge in [0.05, 0.1) is 7.11 Å². The van der Waals surface area contributed by atoms with Crippen LogP contribution in [0.1, 0.15) is 16.7 Å². The first-order valence-corrected chi connectivity index (χ1v) is 11.1. The highest BCUT2D eigenvalue weighted by atomic mass is 79.9. The van der Waals surface area contributed by atoms with Gasteiger partial charge in [-0.1, -0.05) is 51.8 Å². The third-order valence-corrected chi connectivity index (χ3v) is 5.64. The summed E-state index contributed by atoms with van der Waals surface area (Å²) in [5, 5.41) is 6.13. The Morgan fingerprint density at radius 3 is 2.53 bits per heavy atom. The quantitative estimate of drug-likeness (QED) is 0.373. The normalized spacial score (nSPS) is 10.6. The first-order valence-electron chi connectivity index (χ1n) is 10.3. The molecule has 0 aliphatic heterocycles. The van der Waals surface area contributed by atoms with E-state index < -0.39 is 0 Å². The zero-order valence-corrected chi connectivity index (χ0v) is 19.7. The first-order chi connectivity index (χ1) is 15.5. The topological polar surface area (TPSA) is 59.6 Å². The summed E-state index contributed by atoms with van der Waals surface area (Å²) in [5.41, 5.74) is 3.31. The number of carbonyl (C=O) groups is 1. The van der Waals surface area contributed by atoms with Gasteiger partial charge in [0, 0.05) is 22.3 Å². The van der Waals surface area contributed by atoms with E-state index in [9.17, 15) is 9.18 Å². The Morgan fingerprint density at radius 2 is 1.81 bits per heavy atom. The van der Waals surface area contributed by atoms with Crippen LogP contribution in [0.4, 0.5) is 10.1 Å². The molecule has 0 aliphatic rings. The highest BCUT2D eigenvalue weighted by molar-refractivity contribution is 9.10. The second-order valence-electron chi connectivity index (χ2n) is 7.28. The van der Waals surface area contributed by atoms with Crippen LogP contribution in [0.15, 0.2) is 65.1 Å². The van der Waals surface area contributed by atoms with Gasteiger partial charge in [0.15, 0.2) is 18.1 Å². The number of carbonyl (C=O) groups excluding carboxylic acids is 1. The van der Waals surface area contributed by atoms with Crippen molar-refractivity contribution < 1.29 is 18.7 Å². The van der Waals surface area contributed by atoms with Crippen LogP contribution in [0.3, 0.4) is 0 Å². The standard InChI is InChI=1S/C25H26BrFN2O3/c1-17-7-9-19(10-8-17)29-24(30)16-32-25-20(21(26)11-12-23(25)31-2)15-28-14-13-18-5-3-4-6-22(18)27/h3-12,28H,13-16H2,1-2H3,(H,29,30). The van der Waals surface area contributed by atoms with Crippen LogP contribution in [-0.4, -0.2) is 26.2 Å². The lowest BCUT2D eigenvalue weighted by atomic mass is 10.1. The highest BCUT2D eigenvalue weighted by Crippen LogP contribution is 2.36. The Hall–Kier alpha value is -2.90. The van der Waals surface area contributed by atoms with Gasteiger partial charge in [0.1, 0.15) is 5.82 Å². The molecule has 0 heterocycles. The molecule has 0 aliphatic carbocycles. The Bertz CT molecular complexity index is 1060. The predicted octanol–water partition coefficient (Wildman–Crippen LogP) is 5.26. The average molecular weight is 501 g/mol. The van der Waals surface area contributed by atoms with E-state index in [2.05, 4.69) is 26.6 Å². The summed E-state index contributed by atoms with van der Waals surface area (Å²) in [7, 11) is 1.55. The molecule has 0 bridgehead atoms. The van der Waals surface area contributed by atoms with E-state index >= 15 is 0 Å². The van der Waals surface area contributed by atoms with Gasteiger partial charge in [-0.3, -0.25) is 4.79 Å². The number of nitrogens with one attached hydrogen (secondary N) is 2. The molecule has 3 aromatic rings. The molecule has 3 aromatic carbocycles. The molecular weight excluding hydrogens is 475 g/mol. The van der Waals surface area contributed by atoms with Crippen molar-refractivity contribution >= 4 is 27.5 Å². The molecule has 5 nitrogen and oxygen atoms in total. The first kappa shape index (κ1) is 23.8. The van der Waals surface area contributed by atoms with Gasteiger partial charge in [-0.2, -0.15) is 0 Å². The summed E-state index contributed by atoms with van der Waals surface area (Å²) >= 11 is 3.55. The molecule has 168 valence electrons. The number of anilines is 1. The minimum absolute atomic E-state index is 0.164. The minimum Gasteiger partial charge on any atom is -0.493 e. The van der Waals surface area contributed by atoms with Crippen molar-refractivity contribution in [2.24, 2.45) is 0 Å². The van der Waals surface area contributed by atoms with Gasteiger partial charge < -0.3 is 20.1 Å². The van der Waals surface area contributed by atoms with Crippen LogP contribution in [0.5, 0.6) is 11.5 Å². The van der Waals surface area contributed by atoms with Gasteiger partial charge >= 0.3 is 0 Å². The fourth-order valence-electron chi connectivity index (χ4n) is 3.18. The second kappa shape index (κ2) is 11.6. The van der Waals surface area contributed by atoms with Crippen LogP contribution in [0.2, 0.25) is 0 Å². The van der Waals surface area contributed by atoms with E-state index in [1.165, 1.54) is 6.07 Å². The van der Waals surface area contributed by atoms with Gasteiger partial charge in [0.2, 0.25) is 0 Å². The highest BCUT2D eigenvalue weighted by Gasteiger charge is 2.16. The van der Waals surface area contributed by atoms with Crippen LogP contribution in [0.25, 0.3) is 0 Å². The minimum atomic E-state index is -0.269. The van der Waals surface area contributed by atoms with Crippen molar-refractivity contribution in [3.63, 3.8) is 0 Å². The number of rotatable bonds is 10. The summed E-state index contributed by atoms with van der Waals surface area (Å²) in [5.74, 6) is 0.538. The van der Waals surface area contributed by atoms with Crippen molar-refractivity contribution in [2.45, 2.75) is 19.9 Å². The fourth-order valence-corrected chi connectivity index (χ4v) is 3.63. The number of methoxy groups -OCH3 is 1. The van der Waals surface area contributed by atoms with Gasteiger partial charge in [-0.15, -0.1) is 0 Å². The molecule has 0 aromatic heterocycles. The Morgan fingerprint density at radius 1 is 1.06 bits per heavy atom. The fraction of sp³-hybridized carbons (Fsp3) is 0.240. The maximum absolute atomic E-state index is 13.8. The second-order valence-corrected chi connectivity index (χ2v) is 8.13. The Labute approximate surface area is 196 Å². The monoisotopic (exact) mass is 500 g/mol. The van der Waals surface area contributed by atoms with Crippen LogP contribution < -0.4 is 20.1 Å². The average Bonchev–Trinajstić information content (AvgIpc) is 2.79. The SMILES string of the molecule is COc1ccc(Br)c(CNCCc2ccccc2F)c1OCC(=O)Nc1ccc(C)cc1. The third-order valence-electron chi connectivity index (χ3n) is 4.90. The van der Waals surface area contributed by atoms with Crippen molar-refractivity contribution in [3.05, 3.63) is 87.6 Å². The van der Waals surface area contributed by atoms with E-state index in [1.807, 2.05) is 43.3 Å². The van der Waals surface area contributed by atoms with Crippen LogP contribution in [0, 0.1) is 12.7 Å². The largest absolute Gasteiger partial charge is 0.493 e. The summed E-state index contributed by atoms with van der Waals surface area (Å²) in [6.45, 7) is 2.86. The number of hydrogen-bond donors (Lipinski definition) is 2. The maximum atomic E-state index is 13.8. The van der Waals surface area contributed by atoms with E-state index in [0.717, 1.165) is 15.6 Å². The molecule has 0 unspecified atom stereocenters. The van der Waals surface area contributed by atoms with E-state index in [0.29, 0.717) is 42.3 Å². The van der Waals surface area contributed by atoms with Crippen molar-refractivity contribution in [3.8, 4) is 11.5 Å². The summed E-state index contributed by atoms with van der Waals surface area (Å²) in [6, 6.07) is 17.9.